The van der Waals surface area contributed by atoms with E-state index in [1.807, 2.05) is 11.8 Å². The molecule has 0 unspecified atom stereocenters. The maximum absolute atomic E-state index is 11.8. The van der Waals surface area contributed by atoms with Crippen LogP contribution < -0.4 is 5.32 Å². The highest BCUT2D eigenvalue weighted by atomic mass is 16.5. The van der Waals surface area contributed by atoms with Crippen LogP contribution in [0.25, 0.3) is 0 Å². The molecule has 0 aliphatic rings. The highest BCUT2D eigenvalue weighted by molar-refractivity contribution is 5.78. The van der Waals surface area contributed by atoms with Crippen LogP contribution in [0.1, 0.15) is 13.3 Å². The van der Waals surface area contributed by atoms with E-state index in [1.165, 1.54) is 0 Å². The van der Waals surface area contributed by atoms with E-state index in [2.05, 4.69) is 5.32 Å². The molecule has 1 amide bonds. The molecule has 5 heteroatoms. The maximum Gasteiger partial charge on any atom is 0.236 e. The molecule has 0 fully saturated rings. The van der Waals surface area contributed by atoms with E-state index in [0.717, 1.165) is 19.5 Å². The van der Waals surface area contributed by atoms with Crippen LogP contribution in [0.5, 0.6) is 0 Å². The van der Waals surface area contributed by atoms with Gasteiger partial charge in [0.25, 0.3) is 0 Å². The summed E-state index contributed by atoms with van der Waals surface area (Å²) in [4.78, 5) is 13.6. The normalized spacial score (nSPS) is 10.4. The van der Waals surface area contributed by atoms with E-state index in [9.17, 15) is 4.79 Å². The Morgan fingerprint density at radius 2 is 1.88 bits per heavy atom. The van der Waals surface area contributed by atoms with Gasteiger partial charge in [-0.1, -0.05) is 6.92 Å². The summed E-state index contributed by atoms with van der Waals surface area (Å²) < 4.78 is 9.96. The number of amides is 1. The number of methoxy groups -OCH3 is 2. The van der Waals surface area contributed by atoms with E-state index in [-0.39, 0.29) is 5.91 Å². The molecule has 0 radical (unpaired) electrons. The van der Waals surface area contributed by atoms with Crippen LogP contribution in [0.15, 0.2) is 0 Å². The van der Waals surface area contributed by atoms with E-state index in [1.54, 1.807) is 14.2 Å². The predicted octanol–water partition coefficient (Wildman–Crippen LogP) is 0.107. The number of carbonyl (C=O) groups is 1. The summed E-state index contributed by atoms with van der Waals surface area (Å²) in [6.07, 6.45) is 0.859. The molecule has 0 heterocycles. The zero-order valence-corrected chi connectivity index (χ0v) is 10.6. The molecule has 0 rings (SSSR count). The van der Waals surface area contributed by atoms with Gasteiger partial charge >= 0.3 is 0 Å². The summed E-state index contributed by atoms with van der Waals surface area (Å²) in [5.41, 5.74) is 0. The molecule has 96 valence electrons. The van der Waals surface area contributed by atoms with Gasteiger partial charge in [-0.3, -0.25) is 4.79 Å². The predicted molar refractivity (Wildman–Crippen MR) is 63.5 cm³/mol. The van der Waals surface area contributed by atoms with Gasteiger partial charge in [-0.15, -0.1) is 0 Å². The van der Waals surface area contributed by atoms with E-state index < -0.39 is 0 Å². The Morgan fingerprint density at radius 1 is 1.19 bits per heavy atom. The van der Waals surface area contributed by atoms with Crippen LogP contribution in [0.4, 0.5) is 0 Å². The van der Waals surface area contributed by atoms with E-state index in [0.29, 0.717) is 26.3 Å². The third kappa shape index (κ3) is 7.62. The Bertz CT molecular complexity index is 177. The third-order valence-corrected chi connectivity index (χ3v) is 2.22. The SMILES string of the molecule is CCNCC(=O)N(CCCOC)CCOC. The number of hydrogen-bond acceptors (Lipinski definition) is 4. The van der Waals surface area contributed by atoms with Gasteiger partial charge in [-0.05, 0) is 13.0 Å². The molecule has 1 N–H and O–H groups in total. The van der Waals surface area contributed by atoms with Crippen molar-refractivity contribution in [3.63, 3.8) is 0 Å². The van der Waals surface area contributed by atoms with Crippen LogP contribution in [-0.2, 0) is 14.3 Å². The van der Waals surface area contributed by atoms with Crippen molar-refractivity contribution in [3.8, 4) is 0 Å². The number of nitrogens with zero attached hydrogens (tertiary/aromatic N) is 1. The summed E-state index contributed by atoms with van der Waals surface area (Å²) in [6.45, 7) is 5.81. The van der Waals surface area contributed by atoms with Crippen LogP contribution in [0, 0.1) is 0 Å². The first kappa shape index (κ1) is 15.3. The van der Waals surface area contributed by atoms with Gasteiger partial charge in [-0.2, -0.15) is 0 Å². The van der Waals surface area contributed by atoms with Crippen molar-refractivity contribution in [2.45, 2.75) is 13.3 Å². The maximum atomic E-state index is 11.8. The summed E-state index contributed by atoms with van der Waals surface area (Å²) in [5, 5.41) is 3.03. The van der Waals surface area contributed by atoms with Gasteiger partial charge < -0.3 is 19.7 Å². The molecule has 0 atom stereocenters. The fourth-order valence-corrected chi connectivity index (χ4v) is 1.31. The molecule has 16 heavy (non-hydrogen) atoms. The Morgan fingerprint density at radius 3 is 2.44 bits per heavy atom. The van der Waals surface area contributed by atoms with Crippen molar-refractivity contribution in [1.82, 2.24) is 10.2 Å². The molecule has 0 saturated heterocycles. The number of rotatable bonds is 10. The topological polar surface area (TPSA) is 50.8 Å². The Balaban J connectivity index is 3.91. The van der Waals surface area contributed by atoms with E-state index >= 15 is 0 Å². The number of likely N-dealkylation sites (N-methyl/N-ethyl adjacent to an activating group) is 1. The first-order valence-corrected chi connectivity index (χ1v) is 5.72. The molecule has 5 nitrogen and oxygen atoms in total. The lowest BCUT2D eigenvalue weighted by molar-refractivity contribution is -0.131. The molecule has 0 aliphatic heterocycles. The molecule has 0 aromatic rings. The first-order chi connectivity index (χ1) is 7.76. The Kier molecular flexibility index (Phi) is 10.4. The van der Waals surface area contributed by atoms with Crippen molar-refractivity contribution in [1.29, 1.82) is 0 Å². The van der Waals surface area contributed by atoms with Crippen molar-refractivity contribution < 1.29 is 14.3 Å². The number of nitrogens with one attached hydrogen (secondary N) is 1. The lowest BCUT2D eigenvalue weighted by atomic mass is 10.3. The molecular weight excluding hydrogens is 208 g/mol. The number of carbonyl (C=O) groups excluding carboxylic acids is 1. The minimum atomic E-state index is 0.120. The van der Waals surface area contributed by atoms with Crippen LogP contribution >= 0.6 is 0 Å². The minimum Gasteiger partial charge on any atom is -0.385 e. The first-order valence-electron chi connectivity index (χ1n) is 5.72. The Labute approximate surface area is 98.1 Å². The lowest BCUT2D eigenvalue weighted by Crippen LogP contribution is -2.40. The average molecular weight is 232 g/mol. The molecule has 0 spiro atoms. The molecular formula is C11H24N2O3. The summed E-state index contributed by atoms with van der Waals surface area (Å²) in [6, 6.07) is 0. The standard InChI is InChI=1S/C11H24N2O3/c1-4-12-10-11(14)13(7-9-16-3)6-5-8-15-2/h12H,4-10H2,1-3H3. The van der Waals surface area contributed by atoms with Crippen LogP contribution in [-0.4, -0.2) is 64.4 Å². The largest absolute Gasteiger partial charge is 0.385 e. The second-order valence-electron chi connectivity index (χ2n) is 3.50. The lowest BCUT2D eigenvalue weighted by Gasteiger charge is -2.22. The molecule has 0 aromatic carbocycles. The molecule has 0 bridgehead atoms. The second-order valence-corrected chi connectivity index (χ2v) is 3.50. The Hall–Kier alpha value is -0.650. The van der Waals surface area contributed by atoms with Gasteiger partial charge in [0.2, 0.25) is 5.91 Å². The quantitative estimate of drug-likeness (QED) is 0.543. The minimum absolute atomic E-state index is 0.120. The number of ether oxygens (including phenoxy) is 2. The van der Waals surface area contributed by atoms with Crippen molar-refractivity contribution in [3.05, 3.63) is 0 Å². The monoisotopic (exact) mass is 232 g/mol. The van der Waals surface area contributed by atoms with Crippen molar-refractivity contribution >= 4 is 5.91 Å². The number of hydrogen-bond donors (Lipinski definition) is 1. The third-order valence-electron chi connectivity index (χ3n) is 2.22. The van der Waals surface area contributed by atoms with Gasteiger partial charge in [0.1, 0.15) is 0 Å². The van der Waals surface area contributed by atoms with Crippen LogP contribution in [0.3, 0.4) is 0 Å². The zero-order chi connectivity index (χ0) is 12.2. The fraction of sp³-hybridized carbons (Fsp3) is 0.909. The summed E-state index contributed by atoms with van der Waals surface area (Å²) >= 11 is 0. The van der Waals surface area contributed by atoms with Gasteiger partial charge in [-0.25, -0.2) is 0 Å². The second kappa shape index (κ2) is 10.9. The molecule has 0 aliphatic carbocycles. The smallest absolute Gasteiger partial charge is 0.236 e. The van der Waals surface area contributed by atoms with E-state index in [4.69, 9.17) is 9.47 Å². The van der Waals surface area contributed by atoms with Crippen molar-refractivity contribution in [2.24, 2.45) is 0 Å². The summed E-state index contributed by atoms with van der Waals surface area (Å²) in [5.74, 6) is 0.120. The summed E-state index contributed by atoms with van der Waals surface area (Å²) in [7, 11) is 3.31. The average Bonchev–Trinajstić information content (AvgIpc) is 2.30. The highest BCUT2D eigenvalue weighted by Crippen LogP contribution is 1.94. The van der Waals surface area contributed by atoms with Crippen LogP contribution in [0.2, 0.25) is 0 Å². The molecule has 0 aromatic heterocycles. The van der Waals surface area contributed by atoms with Gasteiger partial charge in [0.15, 0.2) is 0 Å². The highest BCUT2D eigenvalue weighted by Gasteiger charge is 2.11. The fourth-order valence-electron chi connectivity index (χ4n) is 1.31. The van der Waals surface area contributed by atoms with Crippen molar-refractivity contribution in [2.75, 3.05) is 53.6 Å². The van der Waals surface area contributed by atoms with Gasteiger partial charge in [0.05, 0.1) is 13.2 Å². The zero-order valence-electron chi connectivity index (χ0n) is 10.6. The van der Waals surface area contributed by atoms with Gasteiger partial charge in [0, 0.05) is 33.9 Å². The molecule has 0 saturated carbocycles.